The molecular weight excluding hydrogens is 232 g/mol. The molecule has 2 heterocycles. The van der Waals surface area contributed by atoms with E-state index >= 15 is 0 Å². The number of hydrogen-bond donors (Lipinski definition) is 1. The average Bonchev–Trinajstić information content (AvgIpc) is 2.83. The van der Waals surface area contributed by atoms with Gasteiger partial charge >= 0.3 is 5.97 Å². The second kappa shape index (κ2) is 4.35. The number of carbonyl (C=O) groups is 1. The quantitative estimate of drug-likeness (QED) is 0.784. The van der Waals surface area contributed by atoms with E-state index in [4.69, 9.17) is 9.52 Å². The first kappa shape index (κ1) is 10.7. The molecule has 0 spiro atoms. The third-order valence-electron chi connectivity index (χ3n) is 1.77. The zero-order valence-corrected chi connectivity index (χ0v) is 9.14. The van der Waals surface area contributed by atoms with Crippen molar-refractivity contribution in [3.8, 4) is 11.6 Å². The van der Waals surface area contributed by atoms with Crippen molar-refractivity contribution in [1.29, 1.82) is 0 Å². The van der Waals surface area contributed by atoms with Crippen LogP contribution in [0.25, 0.3) is 11.6 Å². The molecule has 2 rings (SSSR count). The Labute approximate surface area is 94.5 Å². The number of aliphatic carboxylic acids is 1. The molecule has 1 N–H and O–H groups in total. The van der Waals surface area contributed by atoms with E-state index < -0.39 is 5.97 Å². The molecule has 84 valence electrons. The highest BCUT2D eigenvalue weighted by Crippen LogP contribution is 2.22. The van der Waals surface area contributed by atoms with E-state index in [1.54, 1.807) is 24.0 Å². The summed E-state index contributed by atoms with van der Waals surface area (Å²) in [5, 5.41) is 20.2. The molecule has 7 nitrogen and oxygen atoms in total. The summed E-state index contributed by atoms with van der Waals surface area (Å²) in [5.74, 6) is -0.703. The molecular formula is C8H8N4O3S. The Morgan fingerprint density at radius 2 is 2.44 bits per heavy atom. The Hall–Kier alpha value is -1.83. The zero-order valence-electron chi connectivity index (χ0n) is 8.32. The molecule has 0 bridgehead atoms. The Kier molecular flexibility index (Phi) is 2.91. The molecule has 8 heteroatoms. The van der Waals surface area contributed by atoms with Crippen LogP contribution in [0.1, 0.15) is 0 Å². The number of hydrogen-bond acceptors (Lipinski definition) is 6. The molecule has 2 aromatic heterocycles. The molecule has 0 saturated heterocycles. The third kappa shape index (κ3) is 2.22. The number of carboxylic acids is 1. The van der Waals surface area contributed by atoms with Crippen LogP contribution in [0, 0.1) is 0 Å². The van der Waals surface area contributed by atoms with E-state index in [0.717, 1.165) is 11.8 Å². The molecule has 0 radical (unpaired) electrons. The van der Waals surface area contributed by atoms with Gasteiger partial charge in [-0.1, -0.05) is 11.8 Å². The predicted molar refractivity (Wildman–Crippen MR) is 54.9 cm³/mol. The first-order valence-electron chi connectivity index (χ1n) is 4.33. The zero-order chi connectivity index (χ0) is 11.5. The van der Waals surface area contributed by atoms with Crippen LogP contribution in [-0.4, -0.2) is 36.8 Å². The normalized spacial score (nSPS) is 10.6. The van der Waals surface area contributed by atoms with E-state index in [0.29, 0.717) is 11.6 Å². The summed E-state index contributed by atoms with van der Waals surface area (Å²) in [4.78, 5) is 10.3. The maximum Gasteiger partial charge on any atom is 0.314 e. The van der Waals surface area contributed by atoms with Gasteiger partial charge in [0.05, 0.1) is 0 Å². The van der Waals surface area contributed by atoms with Gasteiger partial charge in [0, 0.05) is 13.2 Å². The summed E-state index contributed by atoms with van der Waals surface area (Å²) in [7, 11) is 1.75. The van der Waals surface area contributed by atoms with E-state index in [-0.39, 0.29) is 11.0 Å². The van der Waals surface area contributed by atoms with Crippen molar-refractivity contribution in [2.24, 2.45) is 7.05 Å². The van der Waals surface area contributed by atoms with E-state index in [9.17, 15) is 4.79 Å². The molecule has 0 aromatic carbocycles. The van der Waals surface area contributed by atoms with Gasteiger partial charge in [-0.05, 0) is 6.07 Å². The molecule has 0 amide bonds. The van der Waals surface area contributed by atoms with Gasteiger partial charge in [0.2, 0.25) is 0 Å². The lowest BCUT2D eigenvalue weighted by atomic mass is 10.4. The van der Waals surface area contributed by atoms with Crippen LogP contribution < -0.4 is 0 Å². The first-order valence-corrected chi connectivity index (χ1v) is 5.32. The van der Waals surface area contributed by atoms with Crippen molar-refractivity contribution >= 4 is 17.7 Å². The minimum Gasteiger partial charge on any atom is -0.481 e. The topological polar surface area (TPSA) is 94.0 Å². The van der Waals surface area contributed by atoms with Crippen LogP contribution >= 0.6 is 11.8 Å². The van der Waals surface area contributed by atoms with Gasteiger partial charge in [-0.25, -0.2) is 0 Å². The summed E-state index contributed by atoms with van der Waals surface area (Å²) >= 11 is 0.983. The fraction of sp³-hybridized carbons (Fsp3) is 0.250. The van der Waals surface area contributed by atoms with Gasteiger partial charge in [-0.3, -0.25) is 9.48 Å². The second-order valence-electron chi connectivity index (χ2n) is 2.90. The monoisotopic (exact) mass is 240 g/mol. The molecule has 0 aliphatic rings. The SMILES string of the molecule is Cn1nccc1-c1nnc(SCC(=O)O)o1. The Bertz CT molecular complexity index is 507. The van der Waals surface area contributed by atoms with Crippen molar-refractivity contribution in [1.82, 2.24) is 20.0 Å². The summed E-state index contributed by atoms with van der Waals surface area (Å²) in [6.07, 6.45) is 1.61. The summed E-state index contributed by atoms with van der Waals surface area (Å²) in [5.41, 5.74) is 0.690. The standard InChI is InChI=1S/C8H8N4O3S/c1-12-5(2-3-9-12)7-10-11-8(15-7)16-4-6(13)14/h2-3H,4H2,1H3,(H,13,14). The van der Waals surface area contributed by atoms with E-state index in [1.807, 2.05) is 0 Å². The summed E-state index contributed by atoms with van der Waals surface area (Å²) in [6.45, 7) is 0. The molecule has 0 fully saturated rings. The van der Waals surface area contributed by atoms with Crippen molar-refractivity contribution in [2.75, 3.05) is 5.75 Å². The van der Waals surface area contributed by atoms with Crippen LogP contribution in [0.3, 0.4) is 0 Å². The number of aryl methyl sites for hydroxylation is 1. The van der Waals surface area contributed by atoms with Crippen LogP contribution in [-0.2, 0) is 11.8 Å². The number of rotatable bonds is 4. The minimum atomic E-state index is -0.926. The molecule has 0 aliphatic carbocycles. The summed E-state index contributed by atoms with van der Waals surface area (Å²) in [6, 6.07) is 1.74. The molecule has 0 atom stereocenters. The molecule has 16 heavy (non-hydrogen) atoms. The minimum absolute atomic E-state index is 0.104. The predicted octanol–water partition coefficient (Wildman–Crippen LogP) is 0.647. The third-order valence-corrected chi connectivity index (χ3v) is 2.57. The molecule has 0 aliphatic heterocycles. The number of thioether (sulfide) groups is 1. The molecule has 0 unspecified atom stereocenters. The highest BCUT2D eigenvalue weighted by atomic mass is 32.2. The van der Waals surface area contributed by atoms with Crippen molar-refractivity contribution in [3.05, 3.63) is 12.3 Å². The lowest BCUT2D eigenvalue weighted by molar-refractivity contribution is -0.133. The fourth-order valence-corrected chi connectivity index (χ4v) is 1.56. The van der Waals surface area contributed by atoms with Gasteiger partial charge < -0.3 is 9.52 Å². The first-order chi connectivity index (χ1) is 7.66. The van der Waals surface area contributed by atoms with Crippen LogP contribution in [0.15, 0.2) is 21.9 Å². The number of aromatic nitrogens is 4. The average molecular weight is 240 g/mol. The second-order valence-corrected chi connectivity index (χ2v) is 3.82. The van der Waals surface area contributed by atoms with Gasteiger partial charge in [0.15, 0.2) is 0 Å². The van der Waals surface area contributed by atoms with Crippen LogP contribution in [0.4, 0.5) is 0 Å². The molecule has 2 aromatic rings. The Morgan fingerprint density at radius 3 is 3.06 bits per heavy atom. The Morgan fingerprint density at radius 1 is 1.62 bits per heavy atom. The van der Waals surface area contributed by atoms with Crippen LogP contribution in [0.2, 0.25) is 0 Å². The largest absolute Gasteiger partial charge is 0.481 e. The summed E-state index contributed by atoms with van der Waals surface area (Å²) < 4.78 is 6.87. The lowest BCUT2D eigenvalue weighted by Gasteiger charge is -1.93. The van der Waals surface area contributed by atoms with Crippen LogP contribution in [0.5, 0.6) is 0 Å². The van der Waals surface area contributed by atoms with Gasteiger partial charge in [0.25, 0.3) is 11.1 Å². The molecule has 0 saturated carbocycles. The van der Waals surface area contributed by atoms with Gasteiger partial charge in [0.1, 0.15) is 11.4 Å². The van der Waals surface area contributed by atoms with Gasteiger partial charge in [-0.2, -0.15) is 5.10 Å². The Balaban J connectivity index is 2.14. The lowest BCUT2D eigenvalue weighted by Crippen LogP contribution is -1.97. The van der Waals surface area contributed by atoms with Crippen molar-refractivity contribution < 1.29 is 14.3 Å². The maximum atomic E-state index is 10.3. The van der Waals surface area contributed by atoms with Crippen molar-refractivity contribution in [2.45, 2.75) is 5.22 Å². The van der Waals surface area contributed by atoms with Gasteiger partial charge in [-0.15, -0.1) is 10.2 Å². The number of carboxylic acid groups (broad SMARTS) is 1. The smallest absolute Gasteiger partial charge is 0.314 e. The van der Waals surface area contributed by atoms with Crippen molar-refractivity contribution in [3.63, 3.8) is 0 Å². The van der Waals surface area contributed by atoms with E-state index in [2.05, 4.69) is 15.3 Å². The highest BCUT2D eigenvalue weighted by Gasteiger charge is 2.12. The highest BCUT2D eigenvalue weighted by molar-refractivity contribution is 7.99. The van der Waals surface area contributed by atoms with E-state index in [1.165, 1.54) is 0 Å². The number of nitrogens with zero attached hydrogens (tertiary/aromatic N) is 4. The maximum absolute atomic E-state index is 10.3. The fourth-order valence-electron chi connectivity index (χ4n) is 1.08.